The van der Waals surface area contributed by atoms with E-state index in [4.69, 9.17) is 51.6 Å². The van der Waals surface area contributed by atoms with E-state index in [1.165, 1.54) is 0 Å². The molecule has 61 heavy (non-hydrogen) atoms. The van der Waals surface area contributed by atoms with Crippen LogP contribution in [0.5, 0.6) is 0 Å². The number of allylic oxidation sites excluding steroid dienone is 2. The van der Waals surface area contributed by atoms with E-state index in [2.05, 4.69) is 0 Å². The zero-order chi connectivity index (χ0) is 42.9. The molecule has 10 N–H and O–H groups in total. The Morgan fingerprint density at radius 2 is 0.984 bits per heavy atom. The summed E-state index contributed by atoms with van der Waals surface area (Å²) < 4.78 is 10.6. The van der Waals surface area contributed by atoms with Gasteiger partial charge in [0, 0.05) is 0 Å². The van der Waals surface area contributed by atoms with Gasteiger partial charge in [-0.1, -0.05) is 72.8 Å². The van der Waals surface area contributed by atoms with Crippen LogP contribution in [0, 0.1) is 47.3 Å². The summed E-state index contributed by atoms with van der Waals surface area (Å²) in [5.74, 6) is -9.26. The van der Waals surface area contributed by atoms with Gasteiger partial charge >= 0.3 is 47.5 Å². The van der Waals surface area contributed by atoms with E-state index in [1.54, 1.807) is 0 Å². The summed E-state index contributed by atoms with van der Waals surface area (Å²) >= 11 is 0. The van der Waals surface area contributed by atoms with Crippen molar-refractivity contribution < 1.29 is 116 Å². The Morgan fingerprint density at radius 3 is 1.33 bits per heavy atom. The van der Waals surface area contributed by atoms with Crippen LogP contribution in [0.15, 0.2) is 72.8 Å². The van der Waals surface area contributed by atoms with Crippen molar-refractivity contribution in [2.75, 3.05) is 20.1 Å². The molecule has 0 spiro atoms. The number of hydrogen-bond acceptors (Lipinski definition) is 16. The molecule has 4 fully saturated rings. The van der Waals surface area contributed by atoms with Gasteiger partial charge in [0.15, 0.2) is 19.6 Å². The molecule has 2 aromatic carbocycles. The molecular formula is C40H46ClN4NaO15. The van der Waals surface area contributed by atoms with Crippen LogP contribution in [0.3, 0.4) is 0 Å². The van der Waals surface area contributed by atoms with E-state index in [1.807, 2.05) is 72.8 Å². The summed E-state index contributed by atoms with van der Waals surface area (Å²) in [6, 6.07) is 16.4. The smallest absolute Gasteiger partial charge is 1.00 e. The van der Waals surface area contributed by atoms with Crippen LogP contribution in [0.4, 0.5) is 0 Å². The van der Waals surface area contributed by atoms with Crippen LogP contribution in [0.2, 0.25) is 0 Å². The number of carbonyl (C=O) groups excluding carboxylic acids is 6. The van der Waals surface area contributed by atoms with Crippen LogP contribution in [-0.4, -0.2) is 139 Å². The molecule has 14 atom stereocenters. The van der Waals surface area contributed by atoms with Crippen LogP contribution in [0.1, 0.15) is 11.1 Å². The van der Waals surface area contributed by atoms with Crippen molar-refractivity contribution in [3.63, 3.8) is 0 Å². The number of aliphatic carboxylic acids is 1. The number of amides is 4. The Bertz CT molecular complexity index is 1920. The van der Waals surface area contributed by atoms with Gasteiger partial charge in [-0.05, 0) is 47.6 Å². The Kier molecular flexibility index (Phi) is 16.9. The molecule has 2 saturated heterocycles. The first-order valence-corrected chi connectivity index (χ1v) is 19.0. The predicted octanol–water partition coefficient (Wildman–Crippen LogP) is -9.09. The molecule has 324 valence electrons. The molecule has 0 aromatic heterocycles. The number of nitrogens with zero attached hydrogens (tertiary/aromatic N) is 2. The zero-order valence-corrected chi connectivity index (χ0v) is 35.6. The third kappa shape index (κ3) is 9.77. The van der Waals surface area contributed by atoms with E-state index in [-0.39, 0.29) is 66.6 Å². The summed E-state index contributed by atoms with van der Waals surface area (Å²) in [6.07, 6.45) is -3.60. The normalized spacial score (nSPS) is 28.2. The van der Waals surface area contributed by atoms with Gasteiger partial charge in [0.2, 0.25) is 23.6 Å². The van der Waals surface area contributed by atoms with E-state index < -0.39 is 134 Å². The number of esters is 2. The van der Waals surface area contributed by atoms with E-state index in [9.17, 15) is 33.6 Å². The quantitative estimate of drug-likeness (QED) is 0.0356. The molecule has 2 heterocycles. The van der Waals surface area contributed by atoms with Gasteiger partial charge in [0.25, 0.3) is 0 Å². The van der Waals surface area contributed by atoms with Crippen molar-refractivity contribution in [1.29, 1.82) is 0 Å². The molecule has 8 rings (SSSR count). The fraction of sp³-hybridized carbons (Fsp3) is 0.475. The SMILES string of the molecule is NC(Cc1ccccc1)C(=O)OCN1C(=O)C2C3C=CC(C2C1=O)C1C2C(=O)N(COC(=O)C(N)Cc4ccccc4)C(=O)C2C31.O=C(O)C(O)C(O)C(O)C(O)CO.[Cl-].[Na+]. The molecule has 2 aliphatic heterocycles. The van der Waals surface area contributed by atoms with Crippen LogP contribution >= 0.6 is 0 Å². The minimum Gasteiger partial charge on any atom is -1.00 e. The second-order valence-electron chi connectivity index (χ2n) is 15.3. The van der Waals surface area contributed by atoms with Crippen LogP contribution < -0.4 is 53.4 Å². The molecule has 6 aliphatic rings. The molecule has 21 heteroatoms. The number of ether oxygens (including phenoxy) is 2. The number of aliphatic hydroxyl groups excluding tert-OH is 5. The largest absolute Gasteiger partial charge is 1.00 e. The average Bonchev–Trinajstić information content (AvgIpc) is 3.60. The second-order valence-corrected chi connectivity index (χ2v) is 15.3. The Morgan fingerprint density at radius 1 is 0.623 bits per heavy atom. The molecule has 4 aliphatic carbocycles. The van der Waals surface area contributed by atoms with Gasteiger partial charge in [-0.3, -0.25) is 28.8 Å². The van der Waals surface area contributed by atoms with Gasteiger partial charge < -0.3 is 64.0 Å². The number of imide groups is 2. The molecule has 2 aromatic rings. The number of fused-ring (bicyclic) bond motifs is 1. The molecular weight excluding hydrogens is 835 g/mol. The standard InChI is InChI=1S/C34H34N4O8.C6H12O7.ClH.Na/c35-21(13-17-7-3-1-4-8-17)33(43)45-15-37-29(39)25-19-11-12-20(26(25)30(37)40)24-23(19)27-28(24)32(42)38(31(27)41)16-46-34(44)22(36)14-18-9-5-2-6-10-18;7-1-2(8)3(9)4(10)5(11)6(12)13;;/h1-12,19-28H,13-16,35-36H2;2-5,7-11H,1H2,(H,12,13);1H;/q;;;+1/p-1. The summed E-state index contributed by atoms with van der Waals surface area (Å²) in [6.45, 7) is -1.92. The first-order valence-electron chi connectivity index (χ1n) is 19.0. The number of hydrogen-bond donors (Lipinski definition) is 8. The first kappa shape index (κ1) is 49.5. The third-order valence-corrected chi connectivity index (χ3v) is 11.9. The van der Waals surface area contributed by atoms with Gasteiger partial charge in [-0.15, -0.1) is 0 Å². The van der Waals surface area contributed by atoms with Crippen molar-refractivity contribution >= 4 is 41.5 Å². The maximum atomic E-state index is 13.6. The fourth-order valence-corrected chi connectivity index (χ4v) is 9.02. The van der Waals surface area contributed by atoms with E-state index >= 15 is 0 Å². The zero-order valence-electron chi connectivity index (χ0n) is 32.8. The molecule has 2 saturated carbocycles. The number of carbonyl (C=O) groups is 7. The molecule has 19 nitrogen and oxygen atoms in total. The van der Waals surface area contributed by atoms with Crippen molar-refractivity contribution in [3.8, 4) is 0 Å². The van der Waals surface area contributed by atoms with Crippen molar-refractivity contribution in [2.24, 2.45) is 58.8 Å². The maximum Gasteiger partial charge on any atom is 1.00 e. The predicted molar refractivity (Wildman–Crippen MR) is 198 cm³/mol. The second kappa shape index (κ2) is 20.8. The number of carboxylic acids is 1. The fourth-order valence-electron chi connectivity index (χ4n) is 9.02. The number of rotatable bonds is 15. The number of carboxylic acid groups (broad SMARTS) is 1. The third-order valence-electron chi connectivity index (χ3n) is 11.9. The molecule has 0 radical (unpaired) electrons. The number of benzene rings is 2. The number of nitrogens with two attached hydrogens (primary N) is 2. The minimum atomic E-state index is -2.20. The van der Waals surface area contributed by atoms with E-state index in [0.717, 1.165) is 20.9 Å². The first-order chi connectivity index (χ1) is 28.1. The maximum absolute atomic E-state index is 13.6. The monoisotopic (exact) mass is 880 g/mol. The Labute approximate surface area is 377 Å². The molecule has 2 bridgehead atoms. The summed E-state index contributed by atoms with van der Waals surface area (Å²) in [4.78, 5) is 91.3. The summed E-state index contributed by atoms with van der Waals surface area (Å²) in [5.41, 5.74) is 13.7. The van der Waals surface area contributed by atoms with Crippen LogP contribution in [-0.2, 0) is 55.9 Å². The Hall–Kier alpha value is -4.12. The molecule has 4 amide bonds. The summed E-state index contributed by atoms with van der Waals surface area (Å²) in [5, 5.41) is 51.8. The van der Waals surface area contributed by atoms with Gasteiger partial charge in [-0.2, -0.15) is 0 Å². The number of likely N-dealkylation sites (tertiary alicyclic amines) is 2. The number of halogens is 1. The van der Waals surface area contributed by atoms with Crippen molar-refractivity contribution in [3.05, 3.63) is 83.9 Å². The minimum absolute atomic E-state index is 0. The number of aliphatic hydroxyl groups is 5. The van der Waals surface area contributed by atoms with Crippen molar-refractivity contribution in [2.45, 2.75) is 49.3 Å². The average molecular weight is 881 g/mol. The Balaban J connectivity index is 0.000000476. The van der Waals surface area contributed by atoms with Gasteiger partial charge in [-0.25, -0.2) is 14.6 Å². The topological polar surface area (TPSA) is 318 Å². The van der Waals surface area contributed by atoms with Gasteiger partial charge in [0.1, 0.15) is 30.4 Å². The molecule has 14 unspecified atom stereocenters. The van der Waals surface area contributed by atoms with Crippen molar-refractivity contribution in [1.82, 2.24) is 9.80 Å². The van der Waals surface area contributed by atoms with E-state index in [0.29, 0.717) is 0 Å². The van der Waals surface area contributed by atoms with Crippen LogP contribution in [0.25, 0.3) is 0 Å². The van der Waals surface area contributed by atoms with Gasteiger partial charge in [0.05, 0.1) is 30.3 Å². The summed E-state index contributed by atoms with van der Waals surface area (Å²) in [7, 11) is 0.